The van der Waals surface area contributed by atoms with Crippen molar-refractivity contribution in [2.75, 3.05) is 7.11 Å². The van der Waals surface area contributed by atoms with Crippen LogP contribution >= 0.6 is 11.6 Å². The predicted molar refractivity (Wildman–Crippen MR) is 55.0 cm³/mol. The molecule has 0 aliphatic carbocycles. The summed E-state index contributed by atoms with van der Waals surface area (Å²) < 4.78 is 11.7. The third-order valence-electron chi connectivity index (χ3n) is 2.10. The molecule has 0 spiro atoms. The zero-order valence-electron chi connectivity index (χ0n) is 8.61. The number of hydrogen-bond donors (Lipinski definition) is 0. The van der Waals surface area contributed by atoms with Gasteiger partial charge in [-0.2, -0.15) is 5.10 Å². The van der Waals surface area contributed by atoms with Crippen LogP contribution in [0.4, 0.5) is 0 Å². The van der Waals surface area contributed by atoms with Crippen LogP contribution in [-0.4, -0.2) is 22.0 Å². The summed E-state index contributed by atoms with van der Waals surface area (Å²) in [5, 5.41) is 8.31. The second-order valence-corrected chi connectivity index (χ2v) is 3.48. The summed E-state index contributed by atoms with van der Waals surface area (Å²) in [6, 6.07) is 1.63. The number of aromatic nitrogens is 3. The maximum Gasteiger partial charge on any atom is 0.226 e. The maximum absolute atomic E-state index is 5.67. The van der Waals surface area contributed by atoms with Gasteiger partial charge in [0.05, 0.1) is 18.4 Å². The maximum atomic E-state index is 5.67. The number of hydrogen-bond acceptors (Lipinski definition) is 4. The standard InChI is InChI=1S/C9H10ClN3O2/c1-5-8(6-4-7(10)15-12-6)9(14-3)13(2)11-5/h4H,1-3H3. The number of methoxy groups -OCH3 is 1. The lowest BCUT2D eigenvalue weighted by Gasteiger charge is -2.00. The van der Waals surface area contributed by atoms with Crippen molar-refractivity contribution in [3.05, 3.63) is 17.0 Å². The van der Waals surface area contributed by atoms with Crippen molar-refractivity contribution < 1.29 is 9.26 Å². The molecule has 5 nitrogen and oxygen atoms in total. The Morgan fingerprint density at radius 3 is 2.80 bits per heavy atom. The van der Waals surface area contributed by atoms with E-state index in [-0.39, 0.29) is 5.22 Å². The SMILES string of the molecule is COc1c(-c2cc(Cl)on2)c(C)nn1C. The van der Waals surface area contributed by atoms with E-state index in [0.717, 1.165) is 11.3 Å². The molecule has 0 N–H and O–H groups in total. The van der Waals surface area contributed by atoms with Crippen molar-refractivity contribution in [2.45, 2.75) is 6.92 Å². The summed E-state index contributed by atoms with van der Waals surface area (Å²) in [7, 11) is 3.39. The van der Waals surface area contributed by atoms with Crippen LogP contribution in [0.15, 0.2) is 10.6 Å². The topological polar surface area (TPSA) is 53.1 Å². The van der Waals surface area contributed by atoms with Crippen LogP contribution in [0, 0.1) is 6.92 Å². The number of rotatable bonds is 2. The molecule has 0 fully saturated rings. The molecule has 6 heteroatoms. The molecule has 0 aliphatic heterocycles. The summed E-state index contributed by atoms with van der Waals surface area (Å²) in [6.07, 6.45) is 0. The quantitative estimate of drug-likeness (QED) is 0.788. The Morgan fingerprint density at radius 1 is 1.53 bits per heavy atom. The highest BCUT2D eigenvalue weighted by atomic mass is 35.5. The molecule has 2 rings (SSSR count). The third-order valence-corrected chi connectivity index (χ3v) is 2.28. The molecule has 0 amide bonds. The highest BCUT2D eigenvalue weighted by molar-refractivity contribution is 6.29. The van der Waals surface area contributed by atoms with Gasteiger partial charge in [0.15, 0.2) is 0 Å². The van der Waals surface area contributed by atoms with E-state index in [1.54, 1.807) is 24.9 Å². The van der Waals surface area contributed by atoms with Gasteiger partial charge in [0.25, 0.3) is 0 Å². The fourth-order valence-electron chi connectivity index (χ4n) is 1.54. The lowest BCUT2D eigenvalue weighted by molar-refractivity contribution is 0.374. The Hall–Kier alpha value is -1.49. The lowest BCUT2D eigenvalue weighted by atomic mass is 10.2. The Balaban J connectivity index is 2.61. The number of halogens is 1. The van der Waals surface area contributed by atoms with Crippen molar-refractivity contribution in [3.63, 3.8) is 0 Å². The molecule has 0 atom stereocenters. The molecule has 15 heavy (non-hydrogen) atoms. The van der Waals surface area contributed by atoms with E-state index in [1.807, 2.05) is 6.92 Å². The lowest BCUT2D eigenvalue weighted by Crippen LogP contribution is -1.95. The van der Waals surface area contributed by atoms with E-state index in [0.29, 0.717) is 11.6 Å². The van der Waals surface area contributed by atoms with Gasteiger partial charge < -0.3 is 9.26 Å². The monoisotopic (exact) mass is 227 g/mol. The summed E-state index contributed by atoms with van der Waals surface area (Å²) in [5.74, 6) is 0.637. The van der Waals surface area contributed by atoms with E-state index in [4.69, 9.17) is 20.9 Å². The Labute approximate surface area is 91.6 Å². The molecule has 0 aromatic carbocycles. The Kier molecular flexibility index (Phi) is 2.40. The van der Waals surface area contributed by atoms with E-state index in [2.05, 4.69) is 10.3 Å². The van der Waals surface area contributed by atoms with Crippen molar-refractivity contribution >= 4 is 11.6 Å². The van der Waals surface area contributed by atoms with E-state index in [1.165, 1.54) is 0 Å². The molecule has 0 radical (unpaired) electrons. The van der Waals surface area contributed by atoms with E-state index in [9.17, 15) is 0 Å². The normalized spacial score (nSPS) is 10.7. The first-order valence-electron chi connectivity index (χ1n) is 4.33. The van der Waals surface area contributed by atoms with Crippen LogP contribution in [0.5, 0.6) is 5.88 Å². The summed E-state index contributed by atoms with van der Waals surface area (Å²) >= 11 is 5.67. The van der Waals surface area contributed by atoms with Crippen LogP contribution in [0.3, 0.4) is 0 Å². The van der Waals surface area contributed by atoms with Gasteiger partial charge in [-0.1, -0.05) is 5.16 Å². The molecular formula is C9H10ClN3O2. The zero-order chi connectivity index (χ0) is 11.0. The molecule has 0 saturated carbocycles. The zero-order valence-corrected chi connectivity index (χ0v) is 9.37. The van der Waals surface area contributed by atoms with Crippen LogP contribution < -0.4 is 4.74 Å². The van der Waals surface area contributed by atoms with Gasteiger partial charge in [-0.3, -0.25) is 0 Å². The fourth-order valence-corrected chi connectivity index (χ4v) is 1.67. The van der Waals surface area contributed by atoms with Gasteiger partial charge in [0.1, 0.15) is 5.69 Å². The number of aryl methyl sites for hydroxylation is 2. The first-order valence-corrected chi connectivity index (χ1v) is 4.71. The second kappa shape index (κ2) is 3.58. The molecule has 0 bridgehead atoms. The molecule has 80 valence electrons. The van der Waals surface area contributed by atoms with Gasteiger partial charge in [-0.05, 0) is 18.5 Å². The van der Waals surface area contributed by atoms with Crippen LogP contribution in [0.25, 0.3) is 11.3 Å². The minimum atomic E-state index is 0.246. The first-order chi connectivity index (χ1) is 7.13. The van der Waals surface area contributed by atoms with Crippen molar-refractivity contribution in [1.82, 2.24) is 14.9 Å². The van der Waals surface area contributed by atoms with Crippen molar-refractivity contribution in [2.24, 2.45) is 7.05 Å². The first kappa shape index (κ1) is 10.0. The van der Waals surface area contributed by atoms with Crippen molar-refractivity contribution in [3.8, 4) is 17.1 Å². The van der Waals surface area contributed by atoms with Crippen LogP contribution in [0.1, 0.15) is 5.69 Å². The number of nitrogens with zero attached hydrogens (tertiary/aromatic N) is 3. The predicted octanol–water partition coefficient (Wildman–Crippen LogP) is 2.05. The summed E-state index contributed by atoms with van der Waals surface area (Å²) in [5.41, 5.74) is 2.25. The fraction of sp³-hybridized carbons (Fsp3) is 0.333. The van der Waals surface area contributed by atoms with Gasteiger partial charge in [-0.15, -0.1) is 0 Å². The van der Waals surface area contributed by atoms with Gasteiger partial charge in [-0.25, -0.2) is 4.68 Å². The minimum absolute atomic E-state index is 0.246. The molecule has 2 aromatic heterocycles. The molecule has 2 aromatic rings. The van der Waals surface area contributed by atoms with E-state index < -0.39 is 0 Å². The highest BCUT2D eigenvalue weighted by Crippen LogP contribution is 2.32. The molecule has 2 heterocycles. The average Bonchev–Trinajstić information content (AvgIpc) is 2.70. The largest absolute Gasteiger partial charge is 0.481 e. The molecule has 0 unspecified atom stereocenters. The van der Waals surface area contributed by atoms with Crippen LogP contribution in [-0.2, 0) is 7.05 Å². The molecule has 0 saturated heterocycles. The smallest absolute Gasteiger partial charge is 0.226 e. The van der Waals surface area contributed by atoms with Gasteiger partial charge >= 0.3 is 0 Å². The molecule has 0 aliphatic rings. The van der Waals surface area contributed by atoms with E-state index >= 15 is 0 Å². The number of ether oxygens (including phenoxy) is 1. The highest BCUT2D eigenvalue weighted by Gasteiger charge is 2.18. The van der Waals surface area contributed by atoms with Gasteiger partial charge in [0, 0.05) is 13.1 Å². The molecular weight excluding hydrogens is 218 g/mol. The van der Waals surface area contributed by atoms with Crippen LogP contribution in [0.2, 0.25) is 5.22 Å². The average molecular weight is 228 g/mol. The third kappa shape index (κ3) is 1.59. The summed E-state index contributed by atoms with van der Waals surface area (Å²) in [4.78, 5) is 0. The minimum Gasteiger partial charge on any atom is -0.481 e. The van der Waals surface area contributed by atoms with Crippen molar-refractivity contribution in [1.29, 1.82) is 0 Å². The second-order valence-electron chi connectivity index (χ2n) is 3.11. The summed E-state index contributed by atoms with van der Waals surface area (Å²) in [6.45, 7) is 1.88. The van der Waals surface area contributed by atoms with Gasteiger partial charge in [0.2, 0.25) is 11.1 Å². The Morgan fingerprint density at radius 2 is 2.27 bits per heavy atom. The Bertz CT molecular complexity index is 490.